The van der Waals surface area contributed by atoms with E-state index in [2.05, 4.69) is 0 Å². The van der Waals surface area contributed by atoms with Crippen LogP contribution in [0, 0.1) is 17.3 Å². The molecule has 112 valence electrons. The fourth-order valence-corrected chi connectivity index (χ4v) is 3.25. The fourth-order valence-electron chi connectivity index (χ4n) is 3.25. The SMILES string of the molecule is CC(C)(C(=O)O)C(C)(C)N1C(=O)C2CCCCC2C1=O. The van der Waals surface area contributed by atoms with Crippen LogP contribution in [0.2, 0.25) is 0 Å². The second-order valence-electron chi connectivity index (χ2n) is 7.00. The Hall–Kier alpha value is -1.39. The summed E-state index contributed by atoms with van der Waals surface area (Å²) in [5.41, 5.74) is -2.23. The van der Waals surface area contributed by atoms with Gasteiger partial charge in [0.1, 0.15) is 0 Å². The normalized spacial score (nSPS) is 27.7. The van der Waals surface area contributed by atoms with E-state index in [9.17, 15) is 19.5 Å². The first-order chi connectivity index (χ1) is 9.12. The van der Waals surface area contributed by atoms with Gasteiger partial charge >= 0.3 is 5.97 Å². The molecule has 2 rings (SSSR count). The van der Waals surface area contributed by atoms with Crippen molar-refractivity contribution in [3.05, 3.63) is 0 Å². The van der Waals surface area contributed by atoms with Crippen molar-refractivity contribution < 1.29 is 19.5 Å². The van der Waals surface area contributed by atoms with E-state index in [-0.39, 0.29) is 23.7 Å². The van der Waals surface area contributed by atoms with E-state index in [0.29, 0.717) is 0 Å². The maximum Gasteiger partial charge on any atom is 0.311 e. The molecule has 2 aliphatic rings. The number of likely N-dealkylation sites (tertiary alicyclic amines) is 1. The van der Waals surface area contributed by atoms with E-state index in [1.54, 1.807) is 27.7 Å². The minimum atomic E-state index is -1.19. The lowest BCUT2D eigenvalue weighted by Gasteiger charge is -2.44. The number of fused-ring (bicyclic) bond motifs is 1. The minimum absolute atomic E-state index is 0.181. The number of carbonyl (C=O) groups excluding carboxylic acids is 2. The summed E-state index contributed by atoms with van der Waals surface area (Å²) < 4.78 is 0. The van der Waals surface area contributed by atoms with Gasteiger partial charge in [-0.3, -0.25) is 19.3 Å². The molecule has 5 nitrogen and oxygen atoms in total. The number of hydrogen-bond acceptors (Lipinski definition) is 3. The highest BCUT2D eigenvalue weighted by atomic mass is 16.4. The zero-order valence-electron chi connectivity index (χ0n) is 12.6. The zero-order chi connectivity index (χ0) is 15.3. The van der Waals surface area contributed by atoms with Gasteiger partial charge in [-0.15, -0.1) is 0 Å². The van der Waals surface area contributed by atoms with Crippen molar-refractivity contribution in [2.45, 2.75) is 58.9 Å². The molecule has 0 bridgehead atoms. The van der Waals surface area contributed by atoms with Crippen molar-refractivity contribution >= 4 is 17.8 Å². The second kappa shape index (κ2) is 4.57. The number of carbonyl (C=O) groups is 3. The Morgan fingerprint density at radius 1 is 1.05 bits per heavy atom. The standard InChI is InChI=1S/C15H23NO4/c1-14(2,13(19)20)15(3,4)16-11(17)9-7-5-6-8-10(9)12(16)18/h9-10H,5-8H2,1-4H3,(H,19,20). The topological polar surface area (TPSA) is 74.7 Å². The molecule has 5 heteroatoms. The Kier molecular flexibility index (Phi) is 3.43. The van der Waals surface area contributed by atoms with Crippen LogP contribution in [-0.4, -0.2) is 33.3 Å². The molecular formula is C15H23NO4. The van der Waals surface area contributed by atoms with Crippen LogP contribution in [0.1, 0.15) is 53.4 Å². The predicted molar refractivity (Wildman–Crippen MR) is 72.8 cm³/mol. The van der Waals surface area contributed by atoms with Crippen molar-refractivity contribution in [3.8, 4) is 0 Å². The smallest absolute Gasteiger partial charge is 0.311 e. The van der Waals surface area contributed by atoms with Gasteiger partial charge in [-0.05, 0) is 40.5 Å². The van der Waals surface area contributed by atoms with E-state index < -0.39 is 16.9 Å². The average Bonchev–Trinajstić information content (AvgIpc) is 2.62. The molecule has 0 aromatic carbocycles. The molecule has 1 N–H and O–H groups in total. The van der Waals surface area contributed by atoms with E-state index >= 15 is 0 Å². The van der Waals surface area contributed by atoms with Crippen molar-refractivity contribution in [1.82, 2.24) is 4.90 Å². The van der Waals surface area contributed by atoms with Crippen molar-refractivity contribution in [2.24, 2.45) is 17.3 Å². The number of nitrogens with zero attached hydrogens (tertiary/aromatic N) is 1. The van der Waals surface area contributed by atoms with Gasteiger partial charge in [-0.1, -0.05) is 12.8 Å². The number of hydrogen-bond donors (Lipinski definition) is 1. The van der Waals surface area contributed by atoms with E-state index in [4.69, 9.17) is 0 Å². The first kappa shape index (κ1) is 15.0. The first-order valence-corrected chi connectivity index (χ1v) is 7.23. The molecular weight excluding hydrogens is 258 g/mol. The highest BCUT2D eigenvalue weighted by Crippen LogP contribution is 2.45. The van der Waals surface area contributed by atoms with Gasteiger partial charge in [0.15, 0.2) is 0 Å². The molecule has 2 amide bonds. The summed E-state index contributed by atoms with van der Waals surface area (Å²) in [6.07, 6.45) is 3.43. The van der Waals surface area contributed by atoms with E-state index in [1.807, 2.05) is 0 Å². The van der Waals surface area contributed by atoms with Gasteiger partial charge in [-0.2, -0.15) is 0 Å². The highest BCUT2D eigenvalue weighted by molar-refractivity contribution is 6.06. The molecule has 1 heterocycles. The molecule has 2 atom stereocenters. The lowest BCUT2D eigenvalue weighted by molar-refractivity contribution is -0.163. The van der Waals surface area contributed by atoms with Crippen LogP contribution < -0.4 is 0 Å². The van der Waals surface area contributed by atoms with E-state index in [1.165, 1.54) is 4.90 Å². The Morgan fingerprint density at radius 3 is 1.80 bits per heavy atom. The number of carboxylic acid groups (broad SMARTS) is 1. The minimum Gasteiger partial charge on any atom is -0.481 e. The summed E-state index contributed by atoms with van der Waals surface area (Å²) in [6.45, 7) is 6.48. The van der Waals surface area contributed by atoms with Gasteiger partial charge in [0.05, 0.1) is 22.8 Å². The van der Waals surface area contributed by atoms with Crippen LogP contribution in [0.3, 0.4) is 0 Å². The van der Waals surface area contributed by atoms with Crippen LogP contribution in [0.4, 0.5) is 0 Å². The van der Waals surface area contributed by atoms with E-state index in [0.717, 1.165) is 25.7 Å². The van der Waals surface area contributed by atoms with Crippen LogP contribution in [-0.2, 0) is 14.4 Å². The molecule has 0 spiro atoms. The molecule has 1 saturated carbocycles. The van der Waals surface area contributed by atoms with Crippen LogP contribution in [0.25, 0.3) is 0 Å². The lowest BCUT2D eigenvalue weighted by atomic mass is 9.73. The lowest BCUT2D eigenvalue weighted by Crippen LogP contribution is -2.59. The Bertz CT molecular complexity index is 442. The van der Waals surface area contributed by atoms with Gasteiger partial charge < -0.3 is 5.11 Å². The monoisotopic (exact) mass is 281 g/mol. The highest BCUT2D eigenvalue weighted by Gasteiger charge is 2.58. The van der Waals surface area contributed by atoms with Gasteiger partial charge in [-0.25, -0.2) is 0 Å². The fraction of sp³-hybridized carbons (Fsp3) is 0.800. The molecule has 0 aromatic heterocycles. The maximum absolute atomic E-state index is 12.6. The van der Waals surface area contributed by atoms with Crippen LogP contribution >= 0.6 is 0 Å². The Labute approximate surface area is 119 Å². The third-order valence-electron chi connectivity index (χ3n) is 5.46. The number of imide groups is 1. The largest absolute Gasteiger partial charge is 0.481 e. The quantitative estimate of drug-likeness (QED) is 0.803. The van der Waals surface area contributed by atoms with Crippen LogP contribution in [0.15, 0.2) is 0 Å². The Balaban J connectivity index is 2.39. The molecule has 0 aromatic rings. The zero-order valence-corrected chi connectivity index (χ0v) is 12.6. The third kappa shape index (κ3) is 1.86. The van der Waals surface area contributed by atoms with Gasteiger partial charge in [0.2, 0.25) is 11.8 Å². The van der Waals surface area contributed by atoms with Crippen molar-refractivity contribution in [1.29, 1.82) is 0 Å². The summed E-state index contributed by atoms with van der Waals surface area (Å²) in [6, 6.07) is 0. The molecule has 1 aliphatic heterocycles. The summed E-state index contributed by atoms with van der Waals surface area (Å²) in [4.78, 5) is 37.9. The molecule has 2 unspecified atom stereocenters. The average molecular weight is 281 g/mol. The molecule has 20 heavy (non-hydrogen) atoms. The third-order valence-corrected chi connectivity index (χ3v) is 5.46. The molecule has 0 radical (unpaired) electrons. The van der Waals surface area contributed by atoms with Crippen molar-refractivity contribution in [2.75, 3.05) is 0 Å². The summed E-state index contributed by atoms with van der Waals surface area (Å²) >= 11 is 0. The molecule has 2 fully saturated rings. The predicted octanol–water partition coefficient (Wildman–Crippen LogP) is 2.05. The summed E-state index contributed by atoms with van der Waals surface area (Å²) in [5.74, 6) is -1.84. The Morgan fingerprint density at radius 2 is 1.45 bits per heavy atom. The summed E-state index contributed by atoms with van der Waals surface area (Å²) in [5, 5.41) is 9.42. The number of rotatable bonds is 3. The van der Waals surface area contributed by atoms with Gasteiger partial charge in [0, 0.05) is 0 Å². The maximum atomic E-state index is 12.6. The second-order valence-corrected chi connectivity index (χ2v) is 7.00. The number of carboxylic acids is 1. The van der Waals surface area contributed by atoms with Crippen molar-refractivity contribution in [3.63, 3.8) is 0 Å². The van der Waals surface area contributed by atoms with Crippen LogP contribution in [0.5, 0.6) is 0 Å². The first-order valence-electron chi connectivity index (χ1n) is 7.23. The number of amides is 2. The molecule has 1 saturated heterocycles. The summed E-state index contributed by atoms with van der Waals surface area (Å²) in [7, 11) is 0. The molecule has 1 aliphatic carbocycles. The van der Waals surface area contributed by atoms with Gasteiger partial charge in [0.25, 0.3) is 0 Å². The number of aliphatic carboxylic acids is 1.